The molecule has 0 amide bonds. The molecule has 112 valence electrons. The second kappa shape index (κ2) is 7.74. The lowest BCUT2D eigenvalue weighted by atomic mass is 10.0. The van der Waals surface area contributed by atoms with Gasteiger partial charge in [-0.25, -0.2) is 0 Å². The molecule has 1 aromatic carbocycles. The lowest BCUT2D eigenvalue weighted by molar-refractivity contribution is 0.0612. The lowest BCUT2D eigenvalue weighted by Crippen LogP contribution is -2.37. The van der Waals surface area contributed by atoms with Gasteiger partial charge in [0, 0.05) is 39.4 Å². The van der Waals surface area contributed by atoms with Gasteiger partial charge in [-0.15, -0.1) is 0 Å². The maximum absolute atomic E-state index is 6.02. The van der Waals surface area contributed by atoms with Gasteiger partial charge in [-0.3, -0.25) is 4.90 Å². The first kappa shape index (κ1) is 15.4. The van der Waals surface area contributed by atoms with E-state index in [4.69, 9.17) is 15.2 Å². The van der Waals surface area contributed by atoms with E-state index in [1.807, 2.05) is 0 Å². The number of methoxy groups -OCH3 is 1. The molecular weight excluding hydrogens is 252 g/mol. The zero-order chi connectivity index (χ0) is 14.4. The summed E-state index contributed by atoms with van der Waals surface area (Å²) >= 11 is 0. The summed E-state index contributed by atoms with van der Waals surface area (Å²) in [4.78, 5) is 2.45. The van der Waals surface area contributed by atoms with Crippen LogP contribution in [0.4, 0.5) is 0 Å². The molecule has 2 unspecified atom stereocenters. The third-order valence-corrected chi connectivity index (χ3v) is 3.82. The average molecular weight is 278 g/mol. The Balaban J connectivity index is 2.09. The molecule has 1 aliphatic heterocycles. The molecule has 20 heavy (non-hydrogen) atoms. The van der Waals surface area contributed by atoms with Crippen LogP contribution in [0.25, 0.3) is 0 Å². The standard InChI is InChI=1S/C16H26N2O2/c1-13-11-18(8-3-9-20-13)16(10-17)15-6-4-14(5-7-15)12-19-2/h4-7,13,16H,3,8-12,17H2,1-2H3. The van der Waals surface area contributed by atoms with Gasteiger partial charge in [-0.05, 0) is 24.5 Å². The lowest BCUT2D eigenvalue weighted by Gasteiger charge is -2.31. The second-order valence-electron chi connectivity index (χ2n) is 5.46. The first-order chi connectivity index (χ1) is 9.74. The highest BCUT2D eigenvalue weighted by atomic mass is 16.5. The summed E-state index contributed by atoms with van der Waals surface area (Å²) in [5, 5.41) is 0. The molecule has 0 bridgehead atoms. The molecule has 2 rings (SSSR count). The maximum Gasteiger partial charge on any atom is 0.0713 e. The van der Waals surface area contributed by atoms with Crippen LogP contribution in [-0.2, 0) is 16.1 Å². The predicted octanol–water partition coefficient (Wildman–Crippen LogP) is 1.94. The van der Waals surface area contributed by atoms with E-state index in [0.29, 0.717) is 13.2 Å². The van der Waals surface area contributed by atoms with E-state index in [2.05, 4.69) is 36.1 Å². The molecule has 1 aromatic rings. The molecule has 2 atom stereocenters. The number of rotatable bonds is 5. The molecule has 4 heteroatoms. The smallest absolute Gasteiger partial charge is 0.0713 e. The van der Waals surface area contributed by atoms with Gasteiger partial charge in [0.1, 0.15) is 0 Å². The zero-order valence-electron chi connectivity index (χ0n) is 12.5. The Morgan fingerprint density at radius 2 is 2.15 bits per heavy atom. The van der Waals surface area contributed by atoms with E-state index in [0.717, 1.165) is 26.1 Å². The van der Waals surface area contributed by atoms with Gasteiger partial charge in [0.15, 0.2) is 0 Å². The molecule has 0 spiro atoms. The van der Waals surface area contributed by atoms with Gasteiger partial charge in [0.2, 0.25) is 0 Å². The van der Waals surface area contributed by atoms with E-state index in [9.17, 15) is 0 Å². The van der Waals surface area contributed by atoms with Crippen LogP contribution in [0, 0.1) is 0 Å². The summed E-state index contributed by atoms with van der Waals surface area (Å²) < 4.78 is 10.9. The van der Waals surface area contributed by atoms with Crippen molar-refractivity contribution in [1.29, 1.82) is 0 Å². The fourth-order valence-corrected chi connectivity index (χ4v) is 2.81. The Morgan fingerprint density at radius 3 is 2.80 bits per heavy atom. The summed E-state index contributed by atoms with van der Waals surface area (Å²) in [6.07, 6.45) is 1.35. The SMILES string of the molecule is COCc1ccc(C(CN)N2CCCOC(C)C2)cc1. The number of nitrogens with two attached hydrogens (primary N) is 1. The van der Waals surface area contributed by atoms with Crippen LogP contribution in [-0.4, -0.2) is 44.4 Å². The van der Waals surface area contributed by atoms with Gasteiger partial charge in [0.25, 0.3) is 0 Å². The average Bonchev–Trinajstić information content (AvgIpc) is 2.67. The molecule has 0 radical (unpaired) electrons. The highest BCUT2D eigenvalue weighted by molar-refractivity contribution is 5.25. The highest BCUT2D eigenvalue weighted by Gasteiger charge is 2.23. The van der Waals surface area contributed by atoms with E-state index in [1.165, 1.54) is 11.1 Å². The molecule has 2 N–H and O–H groups in total. The van der Waals surface area contributed by atoms with Crippen LogP contribution in [0.2, 0.25) is 0 Å². The summed E-state index contributed by atoms with van der Waals surface area (Å²) in [5.74, 6) is 0. The van der Waals surface area contributed by atoms with Gasteiger partial charge < -0.3 is 15.2 Å². The van der Waals surface area contributed by atoms with Crippen molar-refractivity contribution in [3.8, 4) is 0 Å². The van der Waals surface area contributed by atoms with Gasteiger partial charge in [0.05, 0.1) is 12.7 Å². The fourth-order valence-electron chi connectivity index (χ4n) is 2.81. The molecule has 0 aromatic heterocycles. The van der Waals surface area contributed by atoms with Crippen molar-refractivity contribution < 1.29 is 9.47 Å². The molecule has 0 saturated carbocycles. The van der Waals surface area contributed by atoms with Crippen LogP contribution in [0.3, 0.4) is 0 Å². The Kier molecular flexibility index (Phi) is 5.98. The van der Waals surface area contributed by atoms with E-state index >= 15 is 0 Å². The van der Waals surface area contributed by atoms with Crippen LogP contribution in [0.5, 0.6) is 0 Å². The van der Waals surface area contributed by atoms with Crippen molar-refractivity contribution in [3.05, 3.63) is 35.4 Å². The zero-order valence-corrected chi connectivity index (χ0v) is 12.5. The molecule has 1 aliphatic rings. The highest BCUT2D eigenvalue weighted by Crippen LogP contribution is 2.22. The first-order valence-corrected chi connectivity index (χ1v) is 7.38. The van der Waals surface area contributed by atoms with E-state index in [1.54, 1.807) is 7.11 Å². The molecule has 4 nitrogen and oxygen atoms in total. The molecule has 1 saturated heterocycles. The van der Waals surface area contributed by atoms with E-state index < -0.39 is 0 Å². The van der Waals surface area contributed by atoms with Gasteiger partial charge in [-0.2, -0.15) is 0 Å². The number of hydrogen-bond donors (Lipinski definition) is 1. The minimum Gasteiger partial charge on any atom is -0.380 e. The van der Waals surface area contributed by atoms with Crippen LogP contribution in [0.1, 0.15) is 30.5 Å². The van der Waals surface area contributed by atoms with E-state index in [-0.39, 0.29) is 12.1 Å². The Morgan fingerprint density at radius 1 is 1.40 bits per heavy atom. The van der Waals surface area contributed by atoms with Gasteiger partial charge in [-0.1, -0.05) is 24.3 Å². The summed E-state index contributed by atoms with van der Waals surface area (Å²) in [6, 6.07) is 8.86. The monoisotopic (exact) mass is 278 g/mol. The topological polar surface area (TPSA) is 47.7 Å². The summed E-state index contributed by atoms with van der Waals surface area (Å²) in [7, 11) is 1.72. The molecule has 0 aliphatic carbocycles. The summed E-state index contributed by atoms with van der Waals surface area (Å²) in [5.41, 5.74) is 8.49. The van der Waals surface area contributed by atoms with Crippen molar-refractivity contribution in [3.63, 3.8) is 0 Å². The van der Waals surface area contributed by atoms with Crippen molar-refractivity contribution in [2.24, 2.45) is 5.73 Å². The maximum atomic E-state index is 6.02. The first-order valence-electron chi connectivity index (χ1n) is 7.38. The number of benzene rings is 1. The number of ether oxygens (including phenoxy) is 2. The van der Waals surface area contributed by atoms with Crippen molar-refractivity contribution in [2.45, 2.75) is 32.1 Å². The Bertz CT molecular complexity index is 394. The van der Waals surface area contributed by atoms with Crippen molar-refractivity contribution in [2.75, 3.05) is 33.4 Å². The van der Waals surface area contributed by atoms with Crippen molar-refractivity contribution in [1.82, 2.24) is 4.90 Å². The molecule has 1 heterocycles. The fraction of sp³-hybridized carbons (Fsp3) is 0.625. The Labute approximate surface area is 121 Å². The van der Waals surface area contributed by atoms with Crippen molar-refractivity contribution >= 4 is 0 Å². The van der Waals surface area contributed by atoms with Crippen LogP contribution < -0.4 is 5.73 Å². The third-order valence-electron chi connectivity index (χ3n) is 3.82. The normalized spacial score (nSPS) is 22.4. The number of hydrogen-bond acceptors (Lipinski definition) is 4. The molecular formula is C16H26N2O2. The van der Waals surface area contributed by atoms with Crippen LogP contribution in [0.15, 0.2) is 24.3 Å². The number of nitrogens with zero attached hydrogens (tertiary/aromatic N) is 1. The quantitative estimate of drug-likeness (QED) is 0.894. The third kappa shape index (κ3) is 4.03. The van der Waals surface area contributed by atoms with Crippen LogP contribution >= 0.6 is 0 Å². The Hall–Kier alpha value is -0.940. The minimum atomic E-state index is 0.274. The largest absolute Gasteiger partial charge is 0.380 e. The minimum absolute atomic E-state index is 0.274. The second-order valence-corrected chi connectivity index (χ2v) is 5.46. The van der Waals surface area contributed by atoms with Gasteiger partial charge >= 0.3 is 0 Å². The molecule has 1 fully saturated rings. The predicted molar refractivity (Wildman–Crippen MR) is 80.6 cm³/mol. The summed E-state index contributed by atoms with van der Waals surface area (Å²) in [6.45, 7) is 6.27.